The maximum atomic E-state index is 11.9. The number of benzene rings is 1. The van der Waals surface area contributed by atoms with Crippen LogP contribution < -0.4 is 15.8 Å². The second-order valence-electron chi connectivity index (χ2n) is 5.04. The van der Waals surface area contributed by atoms with Crippen molar-refractivity contribution in [3.05, 3.63) is 33.9 Å². The minimum absolute atomic E-state index is 0. The Kier molecular flexibility index (Phi) is 7.11. The van der Waals surface area contributed by atoms with Gasteiger partial charge in [-0.25, -0.2) is 0 Å². The Morgan fingerprint density at radius 1 is 1.48 bits per heavy atom. The normalized spacial score (nSPS) is 10.5. The van der Waals surface area contributed by atoms with E-state index in [1.165, 1.54) is 18.2 Å². The van der Waals surface area contributed by atoms with Crippen LogP contribution in [0.1, 0.15) is 31.1 Å². The highest BCUT2D eigenvalue weighted by Crippen LogP contribution is 2.27. The van der Waals surface area contributed by atoms with Crippen LogP contribution in [0.2, 0.25) is 0 Å². The van der Waals surface area contributed by atoms with Crippen molar-refractivity contribution in [2.24, 2.45) is 5.73 Å². The summed E-state index contributed by atoms with van der Waals surface area (Å²) in [4.78, 5) is 22.3. The number of nitrogens with one attached hydrogen (secondary N) is 1. The van der Waals surface area contributed by atoms with Crippen molar-refractivity contribution < 1.29 is 14.5 Å². The average Bonchev–Trinajstić information content (AvgIpc) is 2.35. The van der Waals surface area contributed by atoms with Crippen molar-refractivity contribution in [3.8, 4) is 5.75 Å². The number of nitro groups is 1. The number of carbonyl (C=O) groups excluding carboxylic acids is 1. The molecule has 0 heterocycles. The van der Waals surface area contributed by atoms with E-state index in [-0.39, 0.29) is 36.0 Å². The van der Waals surface area contributed by atoms with Crippen LogP contribution >= 0.6 is 12.4 Å². The van der Waals surface area contributed by atoms with E-state index in [9.17, 15) is 14.9 Å². The Balaban J connectivity index is 0.00000400. The summed E-state index contributed by atoms with van der Waals surface area (Å²) in [5.74, 6) is -0.261. The Bertz CT molecular complexity index is 515. The van der Waals surface area contributed by atoms with E-state index < -0.39 is 16.4 Å². The van der Waals surface area contributed by atoms with E-state index in [2.05, 4.69) is 5.32 Å². The van der Waals surface area contributed by atoms with Gasteiger partial charge in [0.05, 0.1) is 11.5 Å². The Hall–Kier alpha value is -1.86. The third-order valence-electron chi connectivity index (χ3n) is 2.42. The molecule has 118 valence electrons. The molecule has 7 nitrogen and oxygen atoms in total. The number of rotatable bonds is 6. The fourth-order valence-corrected chi connectivity index (χ4v) is 1.49. The van der Waals surface area contributed by atoms with Gasteiger partial charge in [-0.1, -0.05) is 0 Å². The monoisotopic (exact) mass is 317 g/mol. The van der Waals surface area contributed by atoms with E-state index in [0.29, 0.717) is 6.61 Å². The van der Waals surface area contributed by atoms with Crippen molar-refractivity contribution in [2.45, 2.75) is 26.3 Å². The quantitative estimate of drug-likeness (QED) is 0.615. The van der Waals surface area contributed by atoms with Crippen molar-refractivity contribution >= 4 is 24.0 Å². The lowest BCUT2D eigenvalue weighted by molar-refractivity contribution is -0.385. The summed E-state index contributed by atoms with van der Waals surface area (Å²) >= 11 is 0. The largest absolute Gasteiger partial charge is 0.487 e. The predicted octanol–water partition coefficient (Wildman–Crippen LogP) is 1.88. The molecule has 0 saturated carbocycles. The molecule has 0 spiro atoms. The zero-order valence-corrected chi connectivity index (χ0v) is 13.0. The molecule has 1 rings (SSSR count). The van der Waals surface area contributed by atoms with E-state index in [1.807, 2.05) is 0 Å². The summed E-state index contributed by atoms with van der Waals surface area (Å²) in [5, 5.41) is 13.6. The molecule has 0 bridgehead atoms. The second-order valence-corrected chi connectivity index (χ2v) is 5.04. The fourth-order valence-electron chi connectivity index (χ4n) is 1.49. The first-order valence-electron chi connectivity index (χ1n) is 6.23. The summed E-state index contributed by atoms with van der Waals surface area (Å²) in [7, 11) is 0. The highest BCUT2D eigenvalue weighted by Gasteiger charge is 2.19. The number of nitro benzene ring substituents is 1. The van der Waals surface area contributed by atoms with E-state index in [1.54, 1.807) is 20.8 Å². The fraction of sp³-hybridized carbons (Fsp3) is 0.462. The predicted molar refractivity (Wildman–Crippen MR) is 82.1 cm³/mol. The van der Waals surface area contributed by atoms with Gasteiger partial charge in [-0.3, -0.25) is 14.9 Å². The van der Waals surface area contributed by atoms with Crippen molar-refractivity contribution in [1.82, 2.24) is 5.32 Å². The molecule has 0 fully saturated rings. The maximum Gasteiger partial charge on any atom is 0.311 e. The minimum Gasteiger partial charge on any atom is -0.487 e. The Labute approximate surface area is 129 Å². The molecule has 1 aromatic carbocycles. The molecule has 1 aromatic rings. The van der Waals surface area contributed by atoms with Gasteiger partial charge in [0.2, 0.25) is 0 Å². The molecular formula is C13H20ClN3O4. The van der Waals surface area contributed by atoms with Crippen molar-refractivity contribution in [3.63, 3.8) is 0 Å². The van der Waals surface area contributed by atoms with Crippen molar-refractivity contribution in [2.75, 3.05) is 13.2 Å². The minimum atomic E-state index is -0.575. The number of carbonyl (C=O) groups is 1. The molecule has 0 aliphatic rings. The number of halogens is 1. The first-order valence-corrected chi connectivity index (χ1v) is 6.23. The molecule has 0 atom stereocenters. The van der Waals surface area contributed by atoms with Gasteiger partial charge in [-0.2, -0.15) is 0 Å². The number of amides is 1. The molecule has 0 unspecified atom stereocenters. The zero-order valence-electron chi connectivity index (χ0n) is 12.2. The molecule has 3 N–H and O–H groups in total. The first-order chi connectivity index (χ1) is 9.24. The number of ether oxygens (including phenoxy) is 1. The van der Waals surface area contributed by atoms with Crippen LogP contribution in [0, 0.1) is 10.1 Å². The molecular weight excluding hydrogens is 298 g/mol. The maximum absolute atomic E-state index is 11.9. The van der Waals surface area contributed by atoms with Crippen molar-refractivity contribution in [1.29, 1.82) is 0 Å². The number of nitrogens with zero attached hydrogens (tertiary/aromatic N) is 1. The molecule has 0 aliphatic carbocycles. The highest BCUT2D eigenvalue weighted by molar-refractivity contribution is 5.95. The smallest absolute Gasteiger partial charge is 0.311 e. The van der Waals surface area contributed by atoms with Gasteiger partial charge in [0.1, 0.15) is 0 Å². The second kappa shape index (κ2) is 7.80. The van der Waals surface area contributed by atoms with Crippen LogP contribution in [0.5, 0.6) is 5.75 Å². The van der Waals surface area contributed by atoms with Gasteiger partial charge < -0.3 is 15.8 Å². The van der Waals surface area contributed by atoms with E-state index in [4.69, 9.17) is 10.5 Å². The number of hydrogen-bond acceptors (Lipinski definition) is 5. The molecule has 8 heteroatoms. The number of nitrogens with two attached hydrogens (primary N) is 1. The van der Waals surface area contributed by atoms with Crippen LogP contribution in [-0.2, 0) is 0 Å². The zero-order chi connectivity index (χ0) is 15.3. The summed E-state index contributed by atoms with van der Waals surface area (Å²) in [6.07, 6.45) is 0. The van der Waals surface area contributed by atoms with Gasteiger partial charge in [-0.15, -0.1) is 12.4 Å². The Morgan fingerprint density at radius 2 is 2.10 bits per heavy atom. The lowest BCUT2D eigenvalue weighted by Crippen LogP contribution is -2.45. The lowest BCUT2D eigenvalue weighted by atomic mass is 10.1. The summed E-state index contributed by atoms with van der Waals surface area (Å²) in [6, 6.07) is 4.10. The van der Waals surface area contributed by atoms with Gasteiger partial charge >= 0.3 is 5.69 Å². The molecule has 0 aromatic heterocycles. The standard InChI is InChI=1S/C13H19N3O4.ClH/c1-4-20-11-6-5-9(7-10(11)16(18)19)12(17)15-8-13(2,3)14;/h5-7H,4,8,14H2,1-3H3,(H,15,17);1H. The van der Waals surface area contributed by atoms with Crippen LogP contribution in [0.15, 0.2) is 18.2 Å². The van der Waals surface area contributed by atoms with Crippen LogP contribution in [-0.4, -0.2) is 29.5 Å². The van der Waals surface area contributed by atoms with Gasteiger partial charge in [0, 0.05) is 23.7 Å². The van der Waals surface area contributed by atoms with Crippen LogP contribution in [0.25, 0.3) is 0 Å². The van der Waals surface area contributed by atoms with E-state index in [0.717, 1.165) is 0 Å². The molecule has 1 amide bonds. The summed E-state index contributed by atoms with van der Waals surface area (Å²) in [5.41, 5.74) is 5.18. The third kappa shape index (κ3) is 5.97. The molecule has 0 radical (unpaired) electrons. The third-order valence-corrected chi connectivity index (χ3v) is 2.42. The topological polar surface area (TPSA) is 107 Å². The molecule has 21 heavy (non-hydrogen) atoms. The van der Waals surface area contributed by atoms with Gasteiger partial charge in [0.15, 0.2) is 5.75 Å². The highest BCUT2D eigenvalue weighted by atomic mass is 35.5. The van der Waals surface area contributed by atoms with Gasteiger partial charge in [-0.05, 0) is 32.9 Å². The first kappa shape index (κ1) is 19.1. The van der Waals surface area contributed by atoms with Crippen LogP contribution in [0.3, 0.4) is 0 Å². The summed E-state index contributed by atoms with van der Waals surface area (Å²) in [6.45, 7) is 5.86. The van der Waals surface area contributed by atoms with Gasteiger partial charge in [0.25, 0.3) is 5.91 Å². The van der Waals surface area contributed by atoms with E-state index >= 15 is 0 Å². The average molecular weight is 318 g/mol. The molecule has 0 aliphatic heterocycles. The van der Waals surface area contributed by atoms with Crippen LogP contribution in [0.4, 0.5) is 5.69 Å². The molecule has 0 saturated heterocycles. The Morgan fingerprint density at radius 3 is 2.57 bits per heavy atom. The SMILES string of the molecule is CCOc1ccc(C(=O)NCC(C)(C)N)cc1[N+](=O)[O-].Cl. The number of hydrogen-bond donors (Lipinski definition) is 2. The lowest BCUT2D eigenvalue weighted by Gasteiger charge is -2.18. The summed E-state index contributed by atoms with van der Waals surface area (Å²) < 4.78 is 5.15.